The first kappa shape index (κ1) is 13.5. The van der Waals surface area contributed by atoms with Crippen LogP contribution in [0.15, 0.2) is 42.7 Å². The van der Waals surface area contributed by atoms with Gasteiger partial charge in [-0.15, -0.1) is 0 Å². The van der Waals surface area contributed by atoms with Gasteiger partial charge in [-0.25, -0.2) is 14.4 Å². The van der Waals surface area contributed by atoms with Crippen LogP contribution in [0.4, 0.5) is 4.39 Å². The Morgan fingerprint density at radius 3 is 2.73 bits per heavy atom. The van der Waals surface area contributed by atoms with Crippen LogP contribution in [0.1, 0.15) is 24.5 Å². The topological polar surface area (TPSA) is 41.6 Å². The second-order valence-electron chi connectivity index (χ2n) is 5.51. The molecule has 1 fully saturated rings. The fourth-order valence-electron chi connectivity index (χ4n) is 2.64. The Hall–Kier alpha value is -2.20. The molecule has 3 nitrogen and oxygen atoms in total. The molecule has 0 unspecified atom stereocenters. The molecule has 1 aliphatic rings. The van der Waals surface area contributed by atoms with Crippen molar-refractivity contribution in [1.82, 2.24) is 15.0 Å². The maximum absolute atomic E-state index is 13.7. The van der Waals surface area contributed by atoms with Crippen LogP contribution < -0.4 is 0 Å². The van der Waals surface area contributed by atoms with E-state index in [4.69, 9.17) is 11.6 Å². The maximum atomic E-state index is 13.7. The monoisotopic (exact) mass is 313 g/mol. The number of hydrogen-bond acceptors (Lipinski definition) is 2. The molecule has 3 aromatic rings. The number of hydrogen-bond donors (Lipinski definition) is 1. The van der Waals surface area contributed by atoms with Crippen molar-refractivity contribution in [2.45, 2.75) is 18.8 Å². The molecule has 0 bridgehead atoms. The molecule has 0 amide bonds. The van der Waals surface area contributed by atoms with Crippen LogP contribution >= 0.6 is 11.6 Å². The number of nitrogens with zero attached hydrogens (tertiary/aromatic N) is 2. The second-order valence-corrected chi connectivity index (χ2v) is 5.89. The molecule has 2 heterocycles. The van der Waals surface area contributed by atoms with Crippen molar-refractivity contribution in [3.8, 4) is 22.5 Å². The van der Waals surface area contributed by atoms with Gasteiger partial charge >= 0.3 is 0 Å². The molecule has 110 valence electrons. The number of nitrogens with one attached hydrogen (secondary N) is 1. The van der Waals surface area contributed by atoms with E-state index in [2.05, 4.69) is 15.0 Å². The Bertz CT molecular complexity index is 826. The lowest BCUT2D eigenvalue weighted by Crippen LogP contribution is -1.93. The van der Waals surface area contributed by atoms with E-state index in [0.29, 0.717) is 22.5 Å². The molecule has 22 heavy (non-hydrogen) atoms. The van der Waals surface area contributed by atoms with Gasteiger partial charge in [0.1, 0.15) is 16.8 Å². The van der Waals surface area contributed by atoms with E-state index in [1.165, 1.54) is 12.1 Å². The number of rotatable bonds is 3. The van der Waals surface area contributed by atoms with Crippen molar-refractivity contribution in [1.29, 1.82) is 0 Å². The van der Waals surface area contributed by atoms with Crippen LogP contribution in [0.2, 0.25) is 5.15 Å². The maximum Gasteiger partial charge on any atom is 0.137 e. The largest absolute Gasteiger partial charge is 0.345 e. The van der Waals surface area contributed by atoms with Gasteiger partial charge in [-0.3, -0.25) is 0 Å². The average molecular weight is 314 g/mol. The highest BCUT2D eigenvalue weighted by molar-refractivity contribution is 6.29. The molecular formula is C17H13ClFN3. The fourth-order valence-corrected chi connectivity index (χ4v) is 2.85. The van der Waals surface area contributed by atoms with E-state index in [9.17, 15) is 4.39 Å². The quantitative estimate of drug-likeness (QED) is 0.705. The van der Waals surface area contributed by atoms with Crippen molar-refractivity contribution in [3.05, 3.63) is 59.4 Å². The van der Waals surface area contributed by atoms with Crippen LogP contribution in [-0.4, -0.2) is 15.0 Å². The number of halogens is 2. The molecular weight excluding hydrogens is 301 g/mol. The summed E-state index contributed by atoms with van der Waals surface area (Å²) in [5, 5.41) is 0.467. The number of aromatic amines is 1. The van der Waals surface area contributed by atoms with Crippen LogP contribution in [0, 0.1) is 5.82 Å². The number of aromatic nitrogens is 3. The SMILES string of the molecule is Fc1ccc(-c2cc(Cl)nc(C3CC3)c2)c(-c2ncc[nH]2)c1. The molecule has 1 aliphatic carbocycles. The lowest BCUT2D eigenvalue weighted by Gasteiger charge is -2.10. The summed E-state index contributed by atoms with van der Waals surface area (Å²) in [5.74, 6) is 0.845. The molecule has 2 aromatic heterocycles. The standard InChI is InChI=1S/C17H13ClFN3/c18-16-8-11(7-15(22-16)10-1-2-10)13-4-3-12(19)9-14(13)17-20-5-6-21-17/h3-10H,1-2H2,(H,20,21). The van der Waals surface area contributed by atoms with Gasteiger partial charge in [0.15, 0.2) is 0 Å². The lowest BCUT2D eigenvalue weighted by molar-refractivity contribution is 0.628. The van der Waals surface area contributed by atoms with Gasteiger partial charge in [0.05, 0.1) is 0 Å². The van der Waals surface area contributed by atoms with Crippen molar-refractivity contribution in [3.63, 3.8) is 0 Å². The third-order valence-corrected chi connectivity index (χ3v) is 4.05. The molecule has 0 atom stereocenters. The molecule has 1 N–H and O–H groups in total. The molecule has 0 radical (unpaired) electrons. The first-order valence-corrected chi connectivity index (χ1v) is 7.55. The Morgan fingerprint density at radius 1 is 1.14 bits per heavy atom. The Labute approximate surface area is 132 Å². The van der Waals surface area contributed by atoms with Gasteiger partial charge in [0.2, 0.25) is 0 Å². The smallest absolute Gasteiger partial charge is 0.137 e. The first-order valence-electron chi connectivity index (χ1n) is 7.18. The van der Waals surface area contributed by atoms with E-state index in [-0.39, 0.29) is 5.82 Å². The molecule has 1 aromatic carbocycles. The highest BCUT2D eigenvalue weighted by atomic mass is 35.5. The van der Waals surface area contributed by atoms with Crippen molar-refractivity contribution >= 4 is 11.6 Å². The zero-order valence-electron chi connectivity index (χ0n) is 11.7. The van der Waals surface area contributed by atoms with E-state index < -0.39 is 0 Å². The number of imidazole rings is 1. The van der Waals surface area contributed by atoms with Crippen LogP contribution in [0.5, 0.6) is 0 Å². The summed E-state index contributed by atoms with van der Waals surface area (Å²) < 4.78 is 13.7. The minimum Gasteiger partial charge on any atom is -0.345 e. The molecule has 5 heteroatoms. The summed E-state index contributed by atoms with van der Waals surface area (Å²) in [6.07, 6.45) is 5.68. The van der Waals surface area contributed by atoms with Crippen LogP contribution in [0.3, 0.4) is 0 Å². The van der Waals surface area contributed by atoms with Crippen molar-refractivity contribution < 1.29 is 4.39 Å². The minimum atomic E-state index is -0.294. The van der Waals surface area contributed by atoms with E-state index in [1.807, 2.05) is 12.1 Å². The van der Waals surface area contributed by atoms with Gasteiger partial charge < -0.3 is 4.98 Å². The van der Waals surface area contributed by atoms with Crippen LogP contribution in [0.25, 0.3) is 22.5 Å². The number of H-pyrrole nitrogens is 1. The number of pyridine rings is 1. The van der Waals surface area contributed by atoms with Gasteiger partial charge in [0.25, 0.3) is 0 Å². The Balaban J connectivity index is 1.89. The average Bonchev–Trinajstić information content (AvgIpc) is 3.21. The molecule has 0 aliphatic heterocycles. The lowest BCUT2D eigenvalue weighted by atomic mass is 9.98. The fraction of sp³-hybridized carbons (Fsp3) is 0.176. The zero-order valence-corrected chi connectivity index (χ0v) is 12.4. The van der Waals surface area contributed by atoms with E-state index in [0.717, 1.165) is 29.7 Å². The molecule has 0 spiro atoms. The summed E-state index contributed by atoms with van der Waals surface area (Å²) in [7, 11) is 0. The summed E-state index contributed by atoms with van der Waals surface area (Å²) >= 11 is 6.17. The summed E-state index contributed by atoms with van der Waals surface area (Å²) in [6.45, 7) is 0. The molecule has 0 saturated heterocycles. The van der Waals surface area contributed by atoms with E-state index in [1.54, 1.807) is 18.5 Å². The third-order valence-electron chi connectivity index (χ3n) is 3.86. The molecule has 1 saturated carbocycles. The third kappa shape index (κ3) is 2.50. The highest BCUT2D eigenvalue weighted by Gasteiger charge is 2.26. The summed E-state index contributed by atoms with van der Waals surface area (Å²) in [6, 6.07) is 8.55. The Kier molecular flexibility index (Phi) is 3.19. The van der Waals surface area contributed by atoms with Crippen molar-refractivity contribution in [2.75, 3.05) is 0 Å². The van der Waals surface area contributed by atoms with Gasteiger partial charge in [0, 0.05) is 29.6 Å². The van der Waals surface area contributed by atoms with Gasteiger partial charge in [-0.1, -0.05) is 17.7 Å². The summed E-state index contributed by atoms with van der Waals surface area (Å²) in [4.78, 5) is 11.7. The van der Waals surface area contributed by atoms with E-state index >= 15 is 0 Å². The van der Waals surface area contributed by atoms with Crippen molar-refractivity contribution in [2.24, 2.45) is 0 Å². The highest BCUT2D eigenvalue weighted by Crippen LogP contribution is 2.41. The molecule has 4 rings (SSSR count). The van der Waals surface area contributed by atoms with Gasteiger partial charge in [-0.2, -0.15) is 0 Å². The minimum absolute atomic E-state index is 0.294. The van der Waals surface area contributed by atoms with Gasteiger partial charge in [-0.05, 0) is 48.2 Å². The normalized spacial score (nSPS) is 14.3. The van der Waals surface area contributed by atoms with Crippen LogP contribution in [-0.2, 0) is 0 Å². The zero-order chi connectivity index (χ0) is 15.1. The predicted octanol–water partition coefficient (Wildman–Crippen LogP) is 4.81. The first-order chi connectivity index (χ1) is 10.7. The second kappa shape index (κ2) is 5.21. The summed E-state index contributed by atoms with van der Waals surface area (Å²) in [5.41, 5.74) is 3.56. The Morgan fingerprint density at radius 2 is 2.00 bits per heavy atom. The number of benzene rings is 1. The predicted molar refractivity (Wildman–Crippen MR) is 84.2 cm³/mol.